The summed E-state index contributed by atoms with van der Waals surface area (Å²) in [6, 6.07) is 6.41. The second-order valence-corrected chi connectivity index (χ2v) is 11.1. The van der Waals surface area contributed by atoms with Crippen LogP contribution in [0.15, 0.2) is 49.6 Å². The van der Waals surface area contributed by atoms with E-state index in [4.69, 9.17) is 9.47 Å². The van der Waals surface area contributed by atoms with Crippen molar-refractivity contribution in [1.82, 2.24) is 4.90 Å². The number of aliphatic hydroxyl groups excluding tert-OH is 1. The van der Waals surface area contributed by atoms with Crippen molar-refractivity contribution in [2.75, 3.05) is 38.3 Å². The zero-order valence-electron chi connectivity index (χ0n) is 20.8. The summed E-state index contributed by atoms with van der Waals surface area (Å²) in [5.41, 5.74) is 0.669. The van der Waals surface area contributed by atoms with Crippen molar-refractivity contribution in [3.05, 3.63) is 49.6 Å². The van der Waals surface area contributed by atoms with Gasteiger partial charge in [0.2, 0.25) is 5.91 Å². The largest absolute Gasteiger partial charge is 0.497 e. The summed E-state index contributed by atoms with van der Waals surface area (Å²) in [6.45, 7) is 9.99. The molecule has 3 saturated heterocycles. The third kappa shape index (κ3) is 4.12. The zero-order chi connectivity index (χ0) is 26.0. The summed E-state index contributed by atoms with van der Waals surface area (Å²) in [6.07, 6.45) is 4.24. The number of carbonyl (C=O) groups excluding carboxylic acids is 3. The van der Waals surface area contributed by atoms with E-state index in [9.17, 15) is 19.5 Å². The molecule has 36 heavy (non-hydrogen) atoms. The number of amides is 2. The van der Waals surface area contributed by atoms with Crippen LogP contribution in [-0.2, 0) is 19.1 Å². The molecule has 1 aromatic rings. The number of hydrogen-bond acceptors (Lipinski definition) is 7. The minimum Gasteiger partial charge on any atom is -0.497 e. The Balaban J connectivity index is 1.76. The number of ether oxygens (including phenoxy) is 2. The van der Waals surface area contributed by atoms with E-state index in [1.807, 2.05) is 12.1 Å². The fraction of sp³-hybridized carbons (Fsp3) is 0.519. The first kappa shape index (κ1) is 26.3. The van der Waals surface area contributed by atoms with Crippen LogP contribution in [0.25, 0.3) is 0 Å². The molecule has 3 heterocycles. The van der Waals surface area contributed by atoms with Crippen molar-refractivity contribution in [3.8, 4) is 5.75 Å². The Hall–Kier alpha value is -2.78. The molecule has 0 aliphatic carbocycles. The normalized spacial score (nSPS) is 30.1. The maximum atomic E-state index is 14.4. The molecule has 1 spiro atoms. The number of thioether (sulfide) groups is 1. The van der Waals surface area contributed by atoms with Crippen molar-refractivity contribution in [2.45, 2.75) is 35.8 Å². The fourth-order valence-electron chi connectivity index (χ4n) is 6.15. The SMILES string of the molecule is C=CCOC(=O)[C@@H]1[C@@H]2CC(C)C3(S2)C(C(=O)N(CC=C)c2ccc(OC)cc2)N(CCCO)C(=O)[C@H]13. The topological polar surface area (TPSA) is 96.4 Å². The lowest BCUT2D eigenvalue weighted by molar-refractivity contribution is -0.153. The van der Waals surface area contributed by atoms with Crippen LogP contribution in [0.1, 0.15) is 19.8 Å². The molecule has 2 bridgehead atoms. The van der Waals surface area contributed by atoms with Crippen LogP contribution < -0.4 is 9.64 Å². The van der Waals surface area contributed by atoms with Gasteiger partial charge in [0.1, 0.15) is 18.4 Å². The van der Waals surface area contributed by atoms with Gasteiger partial charge in [0.05, 0.1) is 23.7 Å². The van der Waals surface area contributed by atoms with Gasteiger partial charge < -0.3 is 24.4 Å². The molecule has 0 aromatic heterocycles. The quantitative estimate of drug-likeness (QED) is 0.358. The van der Waals surface area contributed by atoms with Crippen LogP contribution in [0.2, 0.25) is 0 Å². The number of hydrogen-bond donors (Lipinski definition) is 1. The molecular weight excluding hydrogens is 480 g/mol. The second-order valence-electron chi connectivity index (χ2n) is 9.52. The molecule has 4 rings (SSSR count). The maximum absolute atomic E-state index is 14.4. The van der Waals surface area contributed by atoms with Crippen molar-refractivity contribution in [1.29, 1.82) is 0 Å². The Labute approximate surface area is 216 Å². The first-order chi connectivity index (χ1) is 17.3. The minimum atomic E-state index is -0.772. The number of esters is 1. The van der Waals surface area contributed by atoms with Crippen LogP contribution in [0.5, 0.6) is 5.75 Å². The van der Waals surface area contributed by atoms with Gasteiger partial charge in [-0.3, -0.25) is 14.4 Å². The lowest BCUT2D eigenvalue weighted by atomic mass is 9.66. The van der Waals surface area contributed by atoms with Crippen LogP contribution >= 0.6 is 11.8 Å². The second kappa shape index (κ2) is 10.7. The van der Waals surface area contributed by atoms with Gasteiger partial charge in [0.15, 0.2) is 0 Å². The number of carbonyl (C=O) groups is 3. The molecule has 3 aliphatic heterocycles. The van der Waals surface area contributed by atoms with Gasteiger partial charge in [-0.2, -0.15) is 0 Å². The number of anilines is 1. The van der Waals surface area contributed by atoms with E-state index < -0.39 is 28.6 Å². The van der Waals surface area contributed by atoms with E-state index in [1.165, 1.54) is 6.08 Å². The number of methoxy groups -OCH3 is 1. The predicted molar refractivity (Wildman–Crippen MR) is 139 cm³/mol. The lowest BCUT2D eigenvalue weighted by Gasteiger charge is -2.40. The molecule has 0 saturated carbocycles. The fourth-order valence-corrected chi connectivity index (χ4v) is 8.55. The molecule has 1 N–H and O–H groups in total. The molecule has 9 heteroatoms. The summed E-state index contributed by atoms with van der Waals surface area (Å²) < 4.78 is 9.92. The highest BCUT2D eigenvalue weighted by atomic mass is 32.2. The molecule has 3 aliphatic rings. The number of likely N-dealkylation sites (tertiary alicyclic amines) is 1. The molecule has 194 valence electrons. The van der Waals surface area contributed by atoms with E-state index in [0.717, 1.165) is 6.42 Å². The van der Waals surface area contributed by atoms with Crippen molar-refractivity contribution >= 4 is 35.2 Å². The Morgan fingerprint density at radius 1 is 1.28 bits per heavy atom. The Bertz CT molecular complexity index is 1030. The maximum Gasteiger partial charge on any atom is 0.311 e. The molecule has 6 atom stereocenters. The molecule has 0 radical (unpaired) electrons. The highest BCUT2D eigenvalue weighted by Crippen LogP contribution is 2.68. The first-order valence-electron chi connectivity index (χ1n) is 12.3. The third-order valence-corrected chi connectivity index (χ3v) is 9.69. The summed E-state index contributed by atoms with van der Waals surface area (Å²) in [5, 5.41) is 9.45. The van der Waals surface area contributed by atoms with E-state index in [0.29, 0.717) is 17.9 Å². The molecule has 2 amide bonds. The molecule has 8 nitrogen and oxygen atoms in total. The molecule has 3 unspecified atom stereocenters. The van der Waals surface area contributed by atoms with Crippen LogP contribution in [0.3, 0.4) is 0 Å². The summed E-state index contributed by atoms with van der Waals surface area (Å²) in [5.74, 6) is -1.38. The van der Waals surface area contributed by atoms with Gasteiger partial charge in [0.25, 0.3) is 5.91 Å². The number of fused-ring (bicyclic) bond motifs is 1. The van der Waals surface area contributed by atoms with Crippen molar-refractivity contribution < 1.29 is 29.0 Å². The lowest BCUT2D eigenvalue weighted by Crippen LogP contribution is -2.57. The minimum absolute atomic E-state index is 0.0411. The third-order valence-electron chi connectivity index (χ3n) is 7.61. The molecular formula is C27H34N2O6S. The predicted octanol–water partition coefficient (Wildman–Crippen LogP) is 2.66. The van der Waals surface area contributed by atoms with Gasteiger partial charge in [-0.05, 0) is 43.0 Å². The van der Waals surface area contributed by atoms with Gasteiger partial charge in [-0.15, -0.1) is 18.3 Å². The average molecular weight is 515 g/mol. The summed E-state index contributed by atoms with van der Waals surface area (Å²) >= 11 is 1.60. The van der Waals surface area contributed by atoms with Crippen molar-refractivity contribution in [3.63, 3.8) is 0 Å². The van der Waals surface area contributed by atoms with Gasteiger partial charge >= 0.3 is 5.97 Å². The smallest absolute Gasteiger partial charge is 0.311 e. The Morgan fingerprint density at radius 2 is 2.00 bits per heavy atom. The van der Waals surface area contributed by atoms with Crippen LogP contribution in [-0.4, -0.2) is 77.2 Å². The number of aliphatic hydroxyl groups is 1. The Kier molecular flexibility index (Phi) is 7.80. The first-order valence-corrected chi connectivity index (χ1v) is 13.2. The standard InChI is InChI=1S/C27H34N2O6S/c1-5-12-28(18-8-10-19(34-4)11-9-18)25(32)23-27-17(3)16-20(36-27)21(26(33)35-15-6-2)22(27)24(31)29(23)13-7-14-30/h5-6,8-11,17,20-23,30H,1-2,7,12-16H2,3-4H3/t17?,20-,21+,22-,23?,27?/m0/s1. The highest BCUT2D eigenvalue weighted by molar-refractivity contribution is 8.02. The molecule has 1 aromatic carbocycles. The van der Waals surface area contributed by atoms with Gasteiger partial charge in [0, 0.05) is 30.6 Å². The summed E-state index contributed by atoms with van der Waals surface area (Å²) in [7, 11) is 1.58. The number of benzene rings is 1. The van der Waals surface area contributed by atoms with E-state index >= 15 is 0 Å². The number of nitrogens with zero attached hydrogens (tertiary/aromatic N) is 2. The zero-order valence-corrected chi connectivity index (χ0v) is 21.6. The van der Waals surface area contributed by atoms with E-state index in [1.54, 1.807) is 46.9 Å². The highest BCUT2D eigenvalue weighted by Gasteiger charge is 2.76. The Morgan fingerprint density at radius 3 is 2.61 bits per heavy atom. The molecule has 3 fully saturated rings. The van der Waals surface area contributed by atoms with Gasteiger partial charge in [-0.25, -0.2) is 0 Å². The average Bonchev–Trinajstić information content (AvgIpc) is 3.47. The monoisotopic (exact) mass is 514 g/mol. The van der Waals surface area contributed by atoms with Crippen LogP contribution in [0.4, 0.5) is 5.69 Å². The van der Waals surface area contributed by atoms with Crippen LogP contribution in [0, 0.1) is 17.8 Å². The van der Waals surface area contributed by atoms with Gasteiger partial charge in [-0.1, -0.05) is 25.7 Å². The van der Waals surface area contributed by atoms with Crippen molar-refractivity contribution in [2.24, 2.45) is 17.8 Å². The summed E-state index contributed by atoms with van der Waals surface area (Å²) in [4.78, 5) is 44.6. The van der Waals surface area contributed by atoms with E-state index in [-0.39, 0.29) is 49.3 Å². The van der Waals surface area contributed by atoms with E-state index in [2.05, 4.69) is 20.1 Å². The number of rotatable bonds is 11.